The fourth-order valence-corrected chi connectivity index (χ4v) is 3.37. The summed E-state index contributed by atoms with van der Waals surface area (Å²) >= 11 is 0. The maximum atomic E-state index is 12.9. The van der Waals surface area contributed by atoms with E-state index in [4.69, 9.17) is 13.9 Å². The number of fused-ring (bicyclic) bond motifs is 1. The summed E-state index contributed by atoms with van der Waals surface area (Å²) in [6.45, 7) is 1.11. The summed E-state index contributed by atoms with van der Waals surface area (Å²) in [5.41, 5.74) is 1.61. The van der Waals surface area contributed by atoms with Crippen LogP contribution in [0.2, 0.25) is 0 Å². The number of hydrogen-bond donors (Lipinski definition) is 2. The molecule has 8 nitrogen and oxygen atoms in total. The number of amides is 1. The third-order valence-corrected chi connectivity index (χ3v) is 5.01. The van der Waals surface area contributed by atoms with Crippen LogP contribution in [0, 0.1) is 0 Å². The number of carbonyl (C=O) groups excluding carboxylic acids is 2. The molecule has 0 saturated carbocycles. The first-order valence-corrected chi connectivity index (χ1v) is 9.93. The molecule has 0 spiro atoms. The summed E-state index contributed by atoms with van der Waals surface area (Å²) in [6.07, 6.45) is 1.90. The zero-order valence-corrected chi connectivity index (χ0v) is 17.0. The minimum Gasteiger partial charge on any atom is -0.508 e. The summed E-state index contributed by atoms with van der Waals surface area (Å²) in [5, 5.41) is 13.3. The van der Waals surface area contributed by atoms with Gasteiger partial charge in [0, 0.05) is 24.6 Å². The number of methoxy groups -OCH3 is 1. The SMILES string of the molecule is COC(=O)c1ccc(N=c2oc3cc(O)ccc3cc2C(=O)NC[C@@H]2CCCO2)cc1. The van der Waals surface area contributed by atoms with Crippen molar-refractivity contribution in [2.45, 2.75) is 18.9 Å². The highest BCUT2D eigenvalue weighted by Gasteiger charge is 2.18. The highest BCUT2D eigenvalue weighted by atomic mass is 16.5. The third kappa shape index (κ3) is 4.75. The van der Waals surface area contributed by atoms with Crippen LogP contribution < -0.4 is 10.9 Å². The maximum absolute atomic E-state index is 12.9. The molecule has 8 heteroatoms. The van der Waals surface area contributed by atoms with Crippen molar-refractivity contribution < 1.29 is 28.6 Å². The lowest BCUT2D eigenvalue weighted by Crippen LogP contribution is -2.34. The van der Waals surface area contributed by atoms with E-state index in [1.54, 1.807) is 36.4 Å². The van der Waals surface area contributed by atoms with Crippen molar-refractivity contribution in [3.05, 3.63) is 65.2 Å². The van der Waals surface area contributed by atoms with E-state index in [-0.39, 0.29) is 28.9 Å². The maximum Gasteiger partial charge on any atom is 0.337 e. The Morgan fingerprint density at radius 1 is 1.19 bits per heavy atom. The Balaban J connectivity index is 1.72. The van der Waals surface area contributed by atoms with E-state index in [1.165, 1.54) is 19.2 Å². The zero-order valence-electron chi connectivity index (χ0n) is 17.0. The summed E-state index contributed by atoms with van der Waals surface area (Å²) in [5.74, 6) is -0.744. The summed E-state index contributed by atoms with van der Waals surface area (Å²) in [6, 6.07) is 12.7. The Morgan fingerprint density at radius 3 is 2.71 bits per heavy atom. The van der Waals surface area contributed by atoms with Gasteiger partial charge in [-0.05, 0) is 55.3 Å². The minimum atomic E-state index is -0.452. The van der Waals surface area contributed by atoms with Crippen molar-refractivity contribution in [2.24, 2.45) is 4.99 Å². The van der Waals surface area contributed by atoms with Crippen molar-refractivity contribution in [3.8, 4) is 5.75 Å². The van der Waals surface area contributed by atoms with Gasteiger partial charge in [-0.3, -0.25) is 4.79 Å². The quantitative estimate of drug-likeness (QED) is 0.612. The Hall–Kier alpha value is -3.65. The second-order valence-electron chi connectivity index (χ2n) is 7.18. The average molecular weight is 422 g/mol. The van der Waals surface area contributed by atoms with Gasteiger partial charge in [0.05, 0.1) is 24.5 Å². The van der Waals surface area contributed by atoms with Crippen LogP contribution in [-0.4, -0.2) is 43.3 Å². The van der Waals surface area contributed by atoms with Gasteiger partial charge in [0.1, 0.15) is 16.9 Å². The van der Waals surface area contributed by atoms with E-state index >= 15 is 0 Å². The molecule has 2 N–H and O–H groups in total. The lowest BCUT2D eigenvalue weighted by Gasteiger charge is -2.11. The number of hydrogen-bond acceptors (Lipinski definition) is 7. The number of nitrogens with one attached hydrogen (secondary N) is 1. The first-order valence-electron chi connectivity index (χ1n) is 9.93. The number of esters is 1. The number of nitrogens with zero attached hydrogens (tertiary/aromatic N) is 1. The van der Waals surface area contributed by atoms with Crippen LogP contribution >= 0.6 is 0 Å². The van der Waals surface area contributed by atoms with E-state index in [1.807, 2.05) is 0 Å². The second-order valence-corrected chi connectivity index (χ2v) is 7.18. The second kappa shape index (κ2) is 9.01. The van der Waals surface area contributed by atoms with Gasteiger partial charge in [0.2, 0.25) is 5.55 Å². The topological polar surface area (TPSA) is 110 Å². The first kappa shape index (κ1) is 20.6. The number of aromatic hydroxyl groups is 1. The third-order valence-electron chi connectivity index (χ3n) is 5.01. The van der Waals surface area contributed by atoms with E-state index < -0.39 is 5.97 Å². The van der Waals surface area contributed by atoms with Gasteiger partial charge in [0.15, 0.2) is 0 Å². The fraction of sp³-hybridized carbons (Fsp3) is 0.261. The summed E-state index contributed by atoms with van der Waals surface area (Å²) < 4.78 is 16.1. The molecule has 0 unspecified atom stereocenters. The molecule has 31 heavy (non-hydrogen) atoms. The van der Waals surface area contributed by atoms with Crippen LogP contribution in [0.4, 0.5) is 5.69 Å². The Morgan fingerprint density at radius 2 is 2.00 bits per heavy atom. The number of carbonyl (C=O) groups is 2. The van der Waals surface area contributed by atoms with Crippen molar-refractivity contribution >= 4 is 28.5 Å². The molecule has 1 aliphatic rings. The lowest BCUT2D eigenvalue weighted by molar-refractivity contribution is 0.0600. The van der Waals surface area contributed by atoms with Gasteiger partial charge in [0.25, 0.3) is 5.91 Å². The smallest absolute Gasteiger partial charge is 0.337 e. The van der Waals surface area contributed by atoms with Crippen molar-refractivity contribution in [1.82, 2.24) is 5.32 Å². The van der Waals surface area contributed by atoms with Crippen LogP contribution in [0.3, 0.4) is 0 Å². The zero-order chi connectivity index (χ0) is 21.8. The standard InChI is InChI=1S/C23H22N2O6/c1-29-23(28)14-4-7-16(8-5-14)25-22-19(21(27)24-13-18-3-2-10-30-18)11-15-6-9-17(26)12-20(15)31-22/h4-9,11-12,18,26H,2-3,10,13H2,1H3,(H,24,27)/t18-/m0/s1. The van der Waals surface area contributed by atoms with Gasteiger partial charge in [-0.15, -0.1) is 0 Å². The number of rotatable bonds is 5. The Bertz CT molecular complexity index is 1180. The van der Waals surface area contributed by atoms with Gasteiger partial charge < -0.3 is 24.3 Å². The molecule has 1 saturated heterocycles. The van der Waals surface area contributed by atoms with Crippen LogP contribution in [0.1, 0.15) is 33.6 Å². The average Bonchev–Trinajstić information content (AvgIpc) is 3.30. The van der Waals surface area contributed by atoms with E-state index in [0.717, 1.165) is 12.8 Å². The molecular formula is C23H22N2O6. The molecule has 1 aromatic heterocycles. The molecule has 2 heterocycles. The highest BCUT2D eigenvalue weighted by molar-refractivity contribution is 5.96. The Kier molecular flexibility index (Phi) is 5.99. The molecule has 0 radical (unpaired) electrons. The normalized spacial score (nSPS) is 16.4. The number of phenols is 1. The van der Waals surface area contributed by atoms with Crippen molar-refractivity contribution in [3.63, 3.8) is 0 Å². The van der Waals surface area contributed by atoms with E-state index in [0.29, 0.717) is 35.4 Å². The van der Waals surface area contributed by atoms with Crippen LogP contribution in [0.15, 0.2) is 57.9 Å². The summed E-state index contributed by atoms with van der Waals surface area (Å²) in [7, 11) is 1.31. The van der Waals surface area contributed by atoms with Crippen molar-refractivity contribution in [1.29, 1.82) is 0 Å². The molecular weight excluding hydrogens is 400 g/mol. The lowest BCUT2D eigenvalue weighted by atomic mass is 10.1. The van der Waals surface area contributed by atoms with Gasteiger partial charge in [-0.25, -0.2) is 9.79 Å². The molecule has 4 rings (SSSR count). The molecule has 1 amide bonds. The largest absolute Gasteiger partial charge is 0.508 e. The molecule has 3 aromatic rings. The number of benzene rings is 2. The number of ether oxygens (including phenoxy) is 2. The minimum absolute atomic E-state index is 0.00421. The molecule has 1 atom stereocenters. The first-order chi connectivity index (χ1) is 15.0. The highest BCUT2D eigenvalue weighted by Crippen LogP contribution is 2.20. The van der Waals surface area contributed by atoms with Crippen LogP contribution in [0.5, 0.6) is 5.75 Å². The van der Waals surface area contributed by atoms with Gasteiger partial charge >= 0.3 is 5.97 Å². The predicted octanol–water partition coefficient (Wildman–Crippen LogP) is 3.07. The fourth-order valence-electron chi connectivity index (χ4n) is 3.37. The predicted molar refractivity (Wildman–Crippen MR) is 112 cm³/mol. The molecule has 0 bridgehead atoms. The van der Waals surface area contributed by atoms with Gasteiger partial charge in [-0.2, -0.15) is 0 Å². The number of phenolic OH excluding ortho intramolecular Hbond substituents is 1. The molecule has 1 aliphatic heterocycles. The van der Waals surface area contributed by atoms with Crippen LogP contribution in [-0.2, 0) is 9.47 Å². The Labute approximate surface area is 178 Å². The monoisotopic (exact) mass is 422 g/mol. The molecule has 1 fully saturated rings. The molecule has 160 valence electrons. The van der Waals surface area contributed by atoms with Crippen molar-refractivity contribution in [2.75, 3.05) is 20.3 Å². The van der Waals surface area contributed by atoms with Crippen LogP contribution in [0.25, 0.3) is 11.0 Å². The molecule has 2 aromatic carbocycles. The van der Waals surface area contributed by atoms with Gasteiger partial charge in [-0.1, -0.05) is 0 Å². The van der Waals surface area contributed by atoms with E-state index in [9.17, 15) is 14.7 Å². The van der Waals surface area contributed by atoms with E-state index in [2.05, 4.69) is 10.3 Å². The molecule has 0 aliphatic carbocycles. The summed E-state index contributed by atoms with van der Waals surface area (Å²) in [4.78, 5) is 29.0.